The number of aliphatic carboxylic acids is 1. The van der Waals surface area contributed by atoms with Crippen LogP contribution >= 0.6 is 0 Å². The van der Waals surface area contributed by atoms with Crippen molar-refractivity contribution in [2.45, 2.75) is 44.6 Å². The summed E-state index contributed by atoms with van der Waals surface area (Å²) in [6.45, 7) is 1.02. The van der Waals surface area contributed by atoms with E-state index in [-0.39, 0.29) is 30.2 Å². The molecule has 1 saturated carbocycles. The number of nitrogens with one attached hydrogen (secondary N) is 1. The minimum absolute atomic E-state index is 0.0513. The Labute approximate surface area is 112 Å². The highest BCUT2D eigenvalue weighted by atomic mass is 16.4. The topological polar surface area (TPSA) is 86.7 Å². The maximum absolute atomic E-state index is 12.0. The fourth-order valence-corrected chi connectivity index (χ4v) is 2.44. The van der Waals surface area contributed by atoms with Gasteiger partial charge in [0.2, 0.25) is 11.8 Å². The lowest BCUT2D eigenvalue weighted by atomic mass is 10.2. The molecule has 1 saturated heterocycles. The number of hydrogen-bond donors (Lipinski definition) is 2. The van der Waals surface area contributed by atoms with Crippen molar-refractivity contribution in [2.24, 2.45) is 5.92 Å². The molecule has 1 aliphatic carbocycles. The maximum atomic E-state index is 12.0. The van der Waals surface area contributed by atoms with Gasteiger partial charge in [-0.25, -0.2) is 0 Å². The zero-order chi connectivity index (χ0) is 13.8. The molecule has 19 heavy (non-hydrogen) atoms. The number of carboxylic acid groups (broad SMARTS) is 1. The molecule has 6 nitrogen and oxygen atoms in total. The number of amides is 2. The van der Waals surface area contributed by atoms with Gasteiger partial charge in [-0.1, -0.05) is 0 Å². The van der Waals surface area contributed by atoms with E-state index < -0.39 is 5.97 Å². The summed E-state index contributed by atoms with van der Waals surface area (Å²) in [5.74, 6) is -0.749. The van der Waals surface area contributed by atoms with Gasteiger partial charge in [0.05, 0.1) is 0 Å². The second kappa shape index (κ2) is 6.04. The molecule has 1 heterocycles. The molecular formula is C13H20N2O4. The van der Waals surface area contributed by atoms with Crippen molar-refractivity contribution < 1.29 is 19.5 Å². The van der Waals surface area contributed by atoms with Crippen LogP contribution in [0.3, 0.4) is 0 Å². The number of hydrogen-bond acceptors (Lipinski definition) is 3. The highest BCUT2D eigenvalue weighted by Gasteiger charge is 2.40. The summed E-state index contributed by atoms with van der Waals surface area (Å²) in [4.78, 5) is 36.1. The average molecular weight is 268 g/mol. The third-order valence-electron chi connectivity index (χ3n) is 3.63. The molecular weight excluding hydrogens is 248 g/mol. The van der Waals surface area contributed by atoms with Crippen LogP contribution in [0.4, 0.5) is 0 Å². The summed E-state index contributed by atoms with van der Waals surface area (Å²) in [6, 6.07) is -0.349. The Morgan fingerprint density at radius 3 is 2.58 bits per heavy atom. The number of nitrogens with zero attached hydrogens (tertiary/aromatic N) is 1. The fourth-order valence-electron chi connectivity index (χ4n) is 2.44. The predicted molar refractivity (Wildman–Crippen MR) is 67.3 cm³/mol. The van der Waals surface area contributed by atoms with Crippen LogP contribution in [0, 0.1) is 5.92 Å². The first-order valence-corrected chi connectivity index (χ1v) is 6.89. The van der Waals surface area contributed by atoms with Crippen molar-refractivity contribution in [3.63, 3.8) is 0 Å². The van der Waals surface area contributed by atoms with Crippen LogP contribution in [-0.2, 0) is 14.4 Å². The van der Waals surface area contributed by atoms with Crippen LogP contribution in [0.2, 0.25) is 0 Å². The van der Waals surface area contributed by atoms with Crippen LogP contribution < -0.4 is 5.32 Å². The van der Waals surface area contributed by atoms with Crippen LogP contribution in [0.1, 0.15) is 38.5 Å². The van der Waals surface area contributed by atoms with Crippen molar-refractivity contribution in [1.29, 1.82) is 0 Å². The van der Waals surface area contributed by atoms with Gasteiger partial charge in [0.1, 0.15) is 6.04 Å². The molecule has 6 heteroatoms. The molecule has 2 amide bonds. The van der Waals surface area contributed by atoms with Crippen LogP contribution in [0.5, 0.6) is 0 Å². The van der Waals surface area contributed by atoms with Crippen LogP contribution in [0.25, 0.3) is 0 Å². The normalized spacial score (nSPS) is 22.3. The van der Waals surface area contributed by atoms with E-state index >= 15 is 0 Å². The quantitative estimate of drug-likeness (QED) is 0.681. The van der Waals surface area contributed by atoms with Crippen molar-refractivity contribution in [3.8, 4) is 0 Å². The largest absolute Gasteiger partial charge is 0.481 e. The van der Waals surface area contributed by atoms with E-state index in [1.54, 1.807) is 4.90 Å². The Kier molecular flexibility index (Phi) is 4.39. The van der Waals surface area contributed by atoms with Gasteiger partial charge in [-0.2, -0.15) is 0 Å². The standard InChI is InChI=1S/C13H20N2O4/c16-11(17)4-1-7-14-12(18)10-3-2-8-15(10)13(19)9-5-6-9/h9-10H,1-8H2,(H,14,18)(H,16,17). The lowest BCUT2D eigenvalue weighted by Gasteiger charge is -2.23. The minimum Gasteiger partial charge on any atom is -0.481 e. The summed E-state index contributed by atoms with van der Waals surface area (Å²) in [5, 5.41) is 11.2. The van der Waals surface area contributed by atoms with Gasteiger partial charge in [-0.05, 0) is 32.1 Å². The highest BCUT2D eigenvalue weighted by molar-refractivity contribution is 5.89. The van der Waals surface area contributed by atoms with Crippen molar-refractivity contribution >= 4 is 17.8 Å². The van der Waals surface area contributed by atoms with E-state index in [1.165, 1.54) is 0 Å². The first kappa shape index (κ1) is 13.8. The smallest absolute Gasteiger partial charge is 0.303 e. The molecule has 0 bridgehead atoms. The Hall–Kier alpha value is -1.59. The summed E-state index contributed by atoms with van der Waals surface area (Å²) >= 11 is 0. The second-order valence-corrected chi connectivity index (χ2v) is 5.25. The molecule has 1 aliphatic heterocycles. The van der Waals surface area contributed by atoms with Crippen molar-refractivity contribution in [1.82, 2.24) is 10.2 Å². The molecule has 0 aromatic heterocycles. The summed E-state index contributed by atoms with van der Waals surface area (Å²) in [6.07, 6.45) is 3.94. The first-order valence-electron chi connectivity index (χ1n) is 6.89. The van der Waals surface area contributed by atoms with Gasteiger partial charge < -0.3 is 15.3 Å². The molecule has 0 radical (unpaired) electrons. The summed E-state index contributed by atoms with van der Waals surface area (Å²) in [7, 11) is 0. The molecule has 2 rings (SSSR count). The SMILES string of the molecule is O=C(O)CCCNC(=O)C1CCCN1C(=O)C1CC1. The zero-order valence-corrected chi connectivity index (χ0v) is 10.9. The van der Waals surface area contributed by atoms with Gasteiger partial charge in [0.25, 0.3) is 0 Å². The monoisotopic (exact) mass is 268 g/mol. The number of carboxylic acids is 1. The van der Waals surface area contributed by atoms with E-state index in [4.69, 9.17) is 5.11 Å². The molecule has 0 aromatic rings. The third-order valence-corrected chi connectivity index (χ3v) is 3.63. The van der Waals surface area contributed by atoms with E-state index in [1.807, 2.05) is 0 Å². The van der Waals surface area contributed by atoms with E-state index in [0.29, 0.717) is 25.9 Å². The van der Waals surface area contributed by atoms with Gasteiger partial charge in [-0.15, -0.1) is 0 Å². The highest BCUT2D eigenvalue weighted by Crippen LogP contribution is 2.33. The molecule has 0 spiro atoms. The minimum atomic E-state index is -0.861. The molecule has 2 fully saturated rings. The number of likely N-dealkylation sites (tertiary alicyclic amines) is 1. The molecule has 1 unspecified atom stereocenters. The summed E-state index contributed by atoms with van der Waals surface area (Å²) in [5.41, 5.74) is 0. The summed E-state index contributed by atoms with van der Waals surface area (Å²) < 4.78 is 0. The molecule has 106 valence electrons. The number of carbonyl (C=O) groups excluding carboxylic acids is 2. The molecule has 2 N–H and O–H groups in total. The lowest BCUT2D eigenvalue weighted by Crippen LogP contribution is -2.46. The second-order valence-electron chi connectivity index (χ2n) is 5.25. The predicted octanol–water partition coefficient (Wildman–Crippen LogP) is 0.368. The van der Waals surface area contributed by atoms with Gasteiger partial charge in [0, 0.05) is 25.4 Å². The molecule has 1 atom stereocenters. The Morgan fingerprint density at radius 2 is 1.95 bits per heavy atom. The van der Waals surface area contributed by atoms with Crippen LogP contribution in [-0.4, -0.2) is 46.9 Å². The molecule has 2 aliphatic rings. The maximum Gasteiger partial charge on any atom is 0.303 e. The first-order chi connectivity index (χ1) is 9.09. The third kappa shape index (κ3) is 3.68. The Bertz CT molecular complexity index is 379. The lowest BCUT2D eigenvalue weighted by molar-refractivity contribution is -0.139. The van der Waals surface area contributed by atoms with Gasteiger partial charge in [-0.3, -0.25) is 14.4 Å². The number of rotatable bonds is 6. The Balaban J connectivity index is 1.77. The van der Waals surface area contributed by atoms with Gasteiger partial charge in [0.15, 0.2) is 0 Å². The van der Waals surface area contributed by atoms with Crippen molar-refractivity contribution in [2.75, 3.05) is 13.1 Å². The van der Waals surface area contributed by atoms with E-state index in [2.05, 4.69) is 5.32 Å². The fraction of sp³-hybridized carbons (Fsp3) is 0.769. The zero-order valence-electron chi connectivity index (χ0n) is 10.9. The van der Waals surface area contributed by atoms with Crippen LogP contribution in [0.15, 0.2) is 0 Å². The number of carbonyl (C=O) groups is 3. The van der Waals surface area contributed by atoms with Gasteiger partial charge >= 0.3 is 5.97 Å². The van der Waals surface area contributed by atoms with E-state index in [0.717, 1.165) is 19.3 Å². The average Bonchev–Trinajstić information content (AvgIpc) is 3.10. The van der Waals surface area contributed by atoms with E-state index in [9.17, 15) is 14.4 Å². The Morgan fingerprint density at radius 1 is 1.21 bits per heavy atom. The van der Waals surface area contributed by atoms with Crippen molar-refractivity contribution in [3.05, 3.63) is 0 Å². The molecule has 0 aromatic carbocycles.